The SMILES string of the molecule is C[C@H](NC(=O)c1ccccc1)C1=NNC(=O)CC1. The molecule has 1 aromatic rings. The van der Waals surface area contributed by atoms with Gasteiger partial charge >= 0.3 is 0 Å². The first-order chi connectivity index (χ1) is 8.66. The Kier molecular flexibility index (Phi) is 3.72. The van der Waals surface area contributed by atoms with Crippen LogP contribution in [0.25, 0.3) is 0 Å². The molecular formula is C13H15N3O2. The molecule has 0 aliphatic carbocycles. The highest BCUT2D eigenvalue weighted by Gasteiger charge is 2.19. The van der Waals surface area contributed by atoms with Crippen molar-refractivity contribution in [2.45, 2.75) is 25.8 Å². The lowest BCUT2D eigenvalue weighted by molar-refractivity contribution is -0.121. The van der Waals surface area contributed by atoms with Crippen molar-refractivity contribution in [3.63, 3.8) is 0 Å². The van der Waals surface area contributed by atoms with E-state index in [1.165, 1.54) is 0 Å². The van der Waals surface area contributed by atoms with Crippen LogP contribution in [0.1, 0.15) is 30.1 Å². The highest BCUT2D eigenvalue weighted by Crippen LogP contribution is 2.05. The highest BCUT2D eigenvalue weighted by molar-refractivity contribution is 6.01. The molecule has 1 aliphatic rings. The first kappa shape index (κ1) is 12.3. The fourth-order valence-electron chi connectivity index (χ4n) is 1.75. The Hall–Kier alpha value is -2.17. The predicted molar refractivity (Wildman–Crippen MR) is 68.2 cm³/mol. The van der Waals surface area contributed by atoms with Gasteiger partial charge < -0.3 is 5.32 Å². The van der Waals surface area contributed by atoms with E-state index in [1.807, 2.05) is 25.1 Å². The van der Waals surface area contributed by atoms with E-state index >= 15 is 0 Å². The van der Waals surface area contributed by atoms with Gasteiger partial charge in [-0.05, 0) is 25.5 Å². The zero-order chi connectivity index (χ0) is 13.0. The number of hydrogen-bond acceptors (Lipinski definition) is 3. The largest absolute Gasteiger partial charge is 0.344 e. The molecule has 1 aliphatic heterocycles. The lowest BCUT2D eigenvalue weighted by Gasteiger charge is -2.19. The molecule has 0 fully saturated rings. The van der Waals surface area contributed by atoms with E-state index in [2.05, 4.69) is 15.8 Å². The summed E-state index contributed by atoms with van der Waals surface area (Å²) in [6.07, 6.45) is 1.01. The van der Waals surface area contributed by atoms with Crippen molar-refractivity contribution in [1.29, 1.82) is 0 Å². The van der Waals surface area contributed by atoms with Crippen LogP contribution in [0.4, 0.5) is 0 Å². The minimum Gasteiger partial charge on any atom is -0.344 e. The molecule has 0 aromatic heterocycles. The fraction of sp³-hybridized carbons (Fsp3) is 0.308. The summed E-state index contributed by atoms with van der Waals surface area (Å²) >= 11 is 0. The van der Waals surface area contributed by atoms with E-state index in [1.54, 1.807) is 12.1 Å². The maximum atomic E-state index is 11.9. The van der Waals surface area contributed by atoms with Gasteiger partial charge in [-0.15, -0.1) is 0 Å². The van der Waals surface area contributed by atoms with Crippen LogP contribution in [0.5, 0.6) is 0 Å². The van der Waals surface area contributed by atoms with Crippen molar-refractivity contribution in [2.24, 2.45) is 5.10 Å². The van der Waals surface area contributed by atoms with Gasteiger partial charge in [0.05, 0.1) is 11.8 Å². The molecule has 2 amide bonds. The smallest absolute Gasteiger partial charge is 0.251 e. The van der Waals surface area contributed by atoms with Gasteiger partial charge in [0.15, 0.2) is 0 Å². The number of hydrogen-bond donors (Lipinski definition) is 2. The van der Waals surface area contributed by atoms with Gasteiger partial charge in [-0.3, -0.25) is 9.59 Å². The van der Waals surface area contributed by atoms with Crippen molar-refractivity contribution >= 4 is 17.5 Å². The van der Waals surface area contributed by atoms with Crippen LogP contribution in [-0.2, 0) is 4.79 Å². The molecule has 5 nitrogen and oxygen atoms in total. The molecule has 0 radical (unpaired) electrons. The van der Waals surface area contributed by atoms with Gasteiger partial charge in [0.1, 0.15) is 0 Å². The van der Waals surface area contributed by atoms with E-state index in [0.717, 1.165) is 5.71 Å². The Morgan fingerprint density at radius 1 is 1.33 bits per heavy atom. The van der Waals surface area contributed by atoms with Gasteiger partial charge in [0, 0.05) is 12.0 Å². The van der Waals surface area contributed by atoms with E-state index in [0.29, 0.717) is 18.4 Å². The lowest BCUT2D eigenvalue weighted by Crippen LogP contribution is -2.41. The number of benzene rings is 1. The zero-order valence-electron chi connectivity index (χ0n) is 10.1. The number of hydrazone groups is 1. The Morgan fingerprint density at radius 2 is 2.06 bits per heavy atom. The number of nitrogens with one attached hydrogen (secondary N) is 2. The summed E-state index contributed by atoms with van der Waals surface area (Å²) in [6, 6.07) is 8.83. The predicted octanol–water partition coefficient (Wildman–Crippen LogP) is 1.07. The van der Waals surface area contributed by atoms with E-state index < -0.39 is 0 Å². The number of amides is 2. The third-order valence-corrected chi connectivity index (χ3v) is 2.82. The van der Waals surface area contributed by atoms with Crippen molar-refractivity contribution < 1.29 is 9.59 Å². The third kappa shape index (κ3) is 2.94. The summed E-state index contributed by atoms with van der Waals surface area (Å²) in [4.78, 5) is 22.9. The standard InChI is InChI=1S/C13H15N3O2/c1-9(11-7-8-12(17)16-15-11)14-13(18)10-5-3-2-4-6-10/h2-6,9H,7-8H2,1H3,(H,14,18)(H,16,17)/t9-/m0/s1. The van der Waals surface area contributed by atoms with E-state index in [-0.39, 0.29) is 17.9 Å². The number of rotatable bonds is 3. The number of carbonyl (C=O) groups is 2. The first-order valence-corrected chi connectivity index (χ1v) is 5.88. The Morgan fingerprint density at radius 3 is 2.67 bits per heavy atom. The second-order valence-corrected chi connectivity index (χ2v) is 4.20. The minimum absolute atomic E-state index is 0.0830. The van der Waals surface area contributed by atoms with E-state index in [4.69, 9.17) is 0 Å². The second kappa shape index (κ2) is 5.44. The molecule has 1 atom stereocenters. The fourth-order valence-corrected chi connectivity index (χ4v) is 1.75. The van der Waals surface area contributed by atoms with Crippen LogP contribution in [0.3, 0.4) is 0 Å². The minimum atomic E-state index is -0.182. The molecule has 94 valence electrons. The monoisotopic (exact) mass is 245 g/mol. The number of carbonyl (C=O) groups excluding carboxylic acids is 2. The van der Waals surface area contributed by atoms with Crippen molar-refractivity contribution in [2.75, 3.05) is 0 Å². The van der Waals surface area contributed by atoms with Crippen LogP contribution < -0.4 is 10.7 Å². The lowest BCUT2D eigenvalue weighted by atomic mass is 10.1. The molecule has 2 rings (SSSR count). The highest BCUT2D eigenvalue weighted by atomic mass is 16.2. The van der Waals surface area contributed by atoms with Crippen LogP contribution in [-0.4, -0.2) is 23.6 Å². The van der Waals surface area contributed by atoms with Crippen LogP contribution in [0.15, 0.2) is 35.4 Å². The van der Waals surface area contributed by atoms with E-state index in [9.17, 15) is 9.59 Å². The summed E-state index contributed by atoms with van der Waals surface area (Å²) in [6.45, 7) is 1.86. The molecule has 5 heteroatoms. The van der Waals surface area contributed by atoms with Crippen molar-refractivity contribution in [3.8, 4) is 0 Å². The molecule has 0 bridgehead atoms. The topological polar surface area (TPSA) is 70.6 Å². The molecular weight excluding hydrogens is 230 g/mol. The molecule has 0 spiro atoms. The molecule has 1 heterocycles. The first-order valence-electron chi connectivity index (χ1n) is 5.88. The Labute approximate surface area is 105 Å². The van der Waals surface area contributed by atoms with Crippen LogP contribution in [0.2, 0.25) is 0 Å². The maximum Gasteiger partial charge on any atom is 0.251 e. The summed E-state index contributed by atoms with van der Waals surface area (Å²) in [7, 11) is 0. The van der Waals surface area contributed by atoms with Crippen LogP contribution in [0, 0.1) is 0 Å². The second-order valence-electron chi connectivity index (χ2n) is 4.20. The van der Waals surface area contributed by atoms with Crippen molar-refractivity contribution in [1.82, 2.24) is 10.7 Å². The normalized spacial score (nSPS) is 16.5. The summed E-state index contributed by atoms with van der Waals surface area (Å²) in [5.74, 6) is -0.219. The maximum absolute atomic E-state index is 11.9. The molecule has 0 saturated heterocycles. The van der Waals surface area contributed by atoms with Gasteiger partial charge in [0.25, 0.3) is 5.91 Å². The molecule has 2 N–H and O–H groups in total. The van der Waals surface area contributed by atoms with Crippen LogP contribution >= 0.6 is 0 Å². The summed E-state index contributed by atoms with van der Waals surface area (Å²) in [5.41, 5.74) is 3.83. The zero-order valence-corrected chi connectivity index (χ0v) is 10.1. The third-order valence-electron chi connectivity index (χ3n) is 2.82. The van der Waals surface area contributed by atoms with Gasteiger partial charge in [0.2, 0.25) is 5.91 Å². The van der Waals surface area contributed by atoms with Gasteiger partial charge in [-0.25, -0.2) is 5.43 Å². The van der Waals surface area contributed by atoms with Gasteiger partial charge in [-0.2, -0.15) is 5.10 Å². The summed E-state index contributed by atoms with van der Waals surface area (Å²) in [5, 5.41) is 6.82. The molecule has 0 unspecified atom stereocenters. The van der Waals surface area contributed by atoms with Gasteiger partial charge in [-0.1, -0.05) is 18.2 Å². The Bertz CT molecular complexity index is 482. The van der Waals surface area contributed by atoms with Crippen molar-refractivity contribution in [3.05, 3.63) is 35.9 Å². The molecule has 1 aromatic carbocycles. The summed E-state index contributed by atoms with van der Waals surface area (Å²) < 4.78 is 0. The number of nitrogens with zero attached hydrogens (tertiary/aromatic N) is 1. The Balaban J connectivity index is 1.98. The molecule has 18 heavy (non-hydrogen) atoms. The molecule has 0 saturated carbocycles. The quantitative estimate of drug-likeness (QED) is 0.836. The average Bonchev–Trinajstić information content (AvgIpc) is 2.40. The average molecular weight is 245 g/mol.